The Kier molecular flexibility index (Phi) is 2.18. The van der Waals surface area contributed by atoms with Gasteiger partial charge in [0.2, 0.25) is 6.79 Å². The second kappa shape index (κ2) is 3.99. The van der Waals surface area contributed by atoms with E-state index in [-0.39, 0.29) is 0 Å². The second-order valence-electron chi connectivity index (χ2n) is 4.48. The number of para-hydroxylation sites is 1. The van der Waals surface area contributed by atoms with E-state index in [9.17, 15) is 0 Å². The third-order valence-electron chi connectivity index (χ3n) is 3.30. The molecular formula is C16H11NO2. The molecule has 1 aromatic heterocycles. The molecule has 0 saturated carbocycles. The number of pyridine rings is 1. The summed E-state index contributed by atoms with van der Waals surface area (Å²) in [5.41, 5.74) is 3.17. The van der Waals surface area contributed by atoms with Crippen LogP contribution in [0.5, 0.6) is 11.5 Å². The molecule has 1 aliphatic rings. The van der Waals surface area contributed by atoms with E-state index in [1.807, 2.05) is 42.6 Å². The molecule has 0 N–H and O–H groups in total. The van der Waals surface area contributed by atoms with Crippen LogP contribution in [0.25, 0.3) is 22.0 Å². The number of nitrogens with zero attached hydrogens (tertiary/aromatic N) is 1. The summed E-state index contributed by atoms with van der Waals surface area (Å²) in [5.74, 6) is 1.60. The molecule has 0 atom stereocenters. The highest BCUT2D eigenvalue weighted by Gasteiger charge is 2.13. The van der Waals surface area contributed by atoms with Crippen LogP contribution < -0.4 is 9.47 Å². The lowest BCUT2D eigenvalue weighted by atomic mass is 10.0. The predicted molar refractivity (Wildman–Crippen MR) is 73.3 cm³/mol. The Morgan fingerprint density at radius 3 is 2.74 bits per heavy atom. The smallest absolute Gasteiger partial charge is 0.231 e. The van der Waals surface area contributed by atoms with Crippen LogP contribution in [0.15, 0.2) is 54.7 Å². The second-order valence-corrected chi connectivity index (χ2v) is 4.48. The first-order chi connectivity index (χ1) is 9.40. The van der Waals surface area contributed by atoms with Crippen LogP contribution in [-0.4, -0.2) is 11.8 Å². The third kappa shape index (κ3) is 1.71. The molecule has 0 unspecified atom stereocenters. The number of ether oxygens (including phenoxy) is 2. The Balaban J connectivity index is 1.85. The van der Waals surface area contributed by atoms with Crippen molar-refractivity contribution in [3.63, 3.8) is 0 Å². The average Bonchev–Trinajstić information content (AvgIpc) is 2.94. The highest BCUT2D eigenvalue weighted by Crippen LogP contribution is 2.36. The van der Waals surface area contributed by atoms with E-state index in [1.165, 1.54) is 0 Å². The van der Waals surface area contributed by atoms with Crippen molar-refractivity contribution in [3.8, 4) is 22.6 Å². The number of rotatable bonds is 1. The van der Waals surface area contributed by atoms with E-state index in [0.717, 1.165) is 33.5 Å². The summed E-state index contributed by atoms with van der Waals surface area (Å²) in [7, 11) is 0. The molecule has 92 valence electrons. The quantitative estimate of drug-likeness (QED) is 0.660. The van der Waals surface area contributed by atoms with Gasteiger partial charge in [-0.2, -0.15) is 0 Å². The fourth-order valence-electron chi connectivity index (χ4n) is 2.31. The van der Waals surface area contributed by atoms with Crippen molar-refractivity contribution in [2.75, 3.05) is 6.79 Å². The molecule has 1 aliphatic heterocycles. The summed E-state index contributed by atoms with van der Waals surface area (Å²) in [6.45, 7) is 0.300. The normalized spacial score (nSPS) is 12.8. The van der Waals surface area contributed by atoms with Crippen LogP contribution in [-0.2, 0) is 0 Å². The van der Waals surface area contributed by atoms with E-state index in [0.29, 0.717) is 6.79 Å². The maximum absolute atomic E-state index is 5.41. The Labute approximate surface area is 110 Å². The van der Waals surface area contributed by atoms with Crippen LogP contribution in [0.2, 0.25) is 0 Å². The molecule has 0 fully saturated rings. The first kappa shape index (κ1) is 10.4. The number of hydrogen-bond donors (Lipinski definition) is 0. The summed E-state index contributed by atoms with van der Waals surface area (Å²) in [6.07, 6.45) is 1.89. The molecule has 2 heterocycles. The van der Waals surface area contributed by atoms with Crippen molar-refractivity contribution in [1.82, 2.24) is 4.98 Å². The molecule has 3 heteroatoms. The number of aromatic nitrogens is 1. The third-order valence-corrected chi connectivity index (χ3v) is 3.30. The Morgan fingerprint density at radius 1 is 0.842 bits per heavy atom. The van der Waals surface area contributed by atoms with Crippen LogP contribution in [0.3, 0.4) is 0 Å². The standard InChI is InChI=1S/C16H11NO2/c1-2-4-14-12(3-1)7-13(9-17-14)11-5-6-15-16(8-11)19-10-18-15/h1-9H,10H2. The topological polar surface area (TPSA) is 31.4 Å². The van der Waals surface area contributed by atoms with E-state index in [1.54, 1.807) is 0 Å². The molecule has 0 saturated heterocycles. The van der Waals surface area contributed by atoms with Crippen LogP contribution in [0.1, 0.15) is 0 Å². The Hall–Kier alpha value is -2.55. The zero-order valence-corrected chi connectivity index (χ0v) is 10.2. The highest BCUT2D eigenvalue weighted by molar-refractivity contribution is 5.83. The van der Waals surface area contributed by atoms with Crippen LogP contribution in [0.4, 0.5) is 0 Å². The molecule has 4 rings (SSSR count). The molecule has 0 radical (unpaired) electrons. The molecule has 3 aromatic rings. The summed E-state index contributed by atoms with van der Waals surface area (Å²) in [4.78, 5) is 4.48. The molecule has 0 spiro atoms. The van der Waals surface area contributed by atoms with Crippen molar-refractivity contribution in [2.45, 2.75) is 0 Å². The van der Waals surface area contributed by atoms with E-state index >= 15 is 0 Å². The van der Waals surface area contributed by atoms with Gasteiger partial charge in [-0.1, -0.05) is 24.3 Å². The van der Waals surface area contributed by atoms with Gasteiger partial charge in [0.05, 0.1) is 5.52 Å². The maximum atomic E-state index is 5.41. The predicted octanol–water partition coefficient (Wildman–Crippen LogP) is 3.63. The molecule has 0 amide bonds. The molecule has 0 aliphatic carbocycles. The Morgan fingerprint density at radius 2 is 1.74 bits per heavy atom. The first-order valence-corrected chi connectivity index (χ1v) is 6.15. The maximum Gasteiger partial charge on any atom is 0.231 e. The number of fused-ring (bicyclic) bond motifs is 2. The zero-order valence-electron chi connectivity index (χ0n) is 10.2. The van der Waals surface area contributed by atoms with Gasteiger partial charge in [0.15, 0.2) is 11.5 Å². The largest absolute Gasteiger partial charge is 0.454 e. The zero-order chi connectivity index (χ0) is 12.7. The Bertz CT molecular complexity index is 768. The summed E-state index contributed by atoms with van der Waals surface area (Å²) < 4.78 is 10.7. The molecule has 0 bridgehead atoms. The van der Waals surface area contributed by atoms with Crippen molar-refractivity contribution < 1.29 is 9.47 Å². The summed E-state index contributed by atoms with van der Waals surface area (Å²) in [5, 5.41) is 1.14. The SMILES string of the molecule is c1ccc2ncc(-c3ccc4c(c3)OCO4)cc2c1. The van der Waals surface area contributed by atoms with Gasteiger partial charge >= 0.3 is 0 Å². The molecule has 3 nitrogen and oxygen atoms in total. The fourth-order valence-corrected chi connectivity index (χ4v) is 2.31. The van der Waals surface area contributed by atoms with E-state index in [4.69, 9.17) is 9.47 Å². The highest BCUT2D eigenvalue weighted by atomic mass is 16.7. The van der Waals surface area contributed by atoms with Gasteiger partial charge in [0, 0.05) is 17.1 Å². The van der Waals surface area contributed by atoms with Crippen molar-refractivity contribution in [2.24, 2.45) is 0 Å². The molecular weight excluding hydrogens is 238 g/mol. The van der Waals surface area contributed by atoms with Gasteiger partial charge in [0.25, 0.3) is 0 Å². The summed E-state index contributed by atoms with van der Waals surface area (Å²) in [6, 6.07) is 16.2. The minimum Gasteiger partial charge on any atom is -0.454 e. The van der Waals surface area contributed by atoms with Gasteiger partial charge < -0.3 is 9.47 Å². The van der Waals surface area contributed by atoms with Gasteiger partial charge in [-0.15, -0.1) is 0 Å². The van der Waals surface area contributed by atoms with Crippen LogP contribution >= 0.6 is 0 Å². The van der Waals surface area contributed by atoms with Gasteiger partial charge in [-0.25, -0.2) is 0 Å². The molecule has 19 heavy (non-hydrogen) atoms. The van der Waals surface area contributed by atoms with Crippen LogP contribution in [0, 0.1) is 0 Å². The number of benzene rings is 2. The lowest BCUT2D eigenvalue weighted by Gasteiger charge is -2.04. The van der Waals surface area contributed by atoms with Crippen molar-refractivity contribution in [3.05, 3.63) is 54.7 Å². The van der Waals surface area contributed by atoms with Gasteiger partial charge in [-0.05, 0) is 29.8 Å². The fraction of sp³-hybridized carbons (Fsp3) is 0.0625. The van der Waals surface area contributed by atoms with E-state index in [2.05, 4.69) is 17.1 Å². The number of hydrogen-bond acceptors (Lipinski definition) is 3. The van der Waals surface area contributed by atoms with Gasteiger partial charge in [-0.3, -0.25) is 4.98 Å². The summed E-state index contributed by atoms with van der Waals surface area (Å²) >= 11 is 0. The lowest BCUT2D eigenvalue weighted by Crippen LogP contribution is -1.92. The first-order valence-electron chi connectivity index (χ1n) is 6.15. The van der Waals surface area contributed by atoms with Crippen molar-refractivity contribution in [1.29, 1.82) is 0 Å². The molecule has 2 aromatic carbocycles. The van der Waals surface area contributed by atoms with Crippen molar-refractivity contribution >= 4 is 10.9 Å². The lowest BCUT2D eigenvalue weighted by molar-refractivity contribution is 0.174. The monoisotopic (exact) mass is 249 g/mol. The van der Waals surface area contributed by atoms with E-state index < -0.39 is 0 Å². The minimum absolute atomic E-state index is 0.300. The minimum atomic E-state index is 0.300. The average molecular weight is 249 g/mol. The van der Waals surface area contributed by atoms with Gasteiger partial charge in [0.1, 0.15) is 0 Å².